The van der Waals surface area contributed by atoms with E-state index in [4.69, 9.17) is 11.3 Å². The number of hydrogen-bond acceptors (Lipinski definition) is 4. The van der Waals surface area contributed by atoms with E-state index in [9.17, 15) is 0 Å². The van der Waals surface area contributed by atoms with Crippen molar-refractivity contribution in [3.63, 3.8) is 0 Å². The Morgan fingerprint density at radius 3 is 2.34 bits per heavy atom. The van der Waals surface area contributed by atoms with E-state index in [-0.39, 0.29) is 20.1 Å². The minimum Gasteiger partial charge on any atom is -0.333 e. The van der Waals surface area contributed by atoms with Gasteiger partial charge in [0, 0.05) is 44.4 Å². The van der Waals surface area contributed by atoms with Gasteiger partial charge in [0.1, 0.15) is 4.83 Å². The first kappa shape index (κ1) is 35.3. The van der Waals surface area contributed by atoms with Crippen LogP contribution in [0.25, 0.3) is 70.4 Å². The molecular weight excluding hydrogens is 861 g/mol. The van der Waals surface area contributed by atoms with E-state index in [1.807, 2.05) is 63.4 Å². The van der Waals surface area contributed by atoms with E-state index in [1.54, 1.807) is 11.3 Å². The van der Waals surface area contributed by atoms with Gasteiger partial charge in [-0.3, -0.25) is 4.98 Å². The Kier molecular flexibility index (Phi) is 9.93. The van der Waals surface area contributed by atoms with Crippen molar-refractivity contribution in [3.8, 4) is 28.3 Å². The summed E-state index contributed by atoms with van der Waals surface area (Å²) in [6, 6.07) is 48.4. The maximum absolute atomic E-state index is 8.44. The summed E-state index contributed by atoms with van der Waals surface area (Å²) in [6.45, 7) is 12.8. The van der Waals surface area contributed by atoms with Crippen molar-refractivity contribution in [2.45, 2.75) is 46.3 Å². The summed E-state index contributed by atoms with van der Waals surface area (Å²) in [4.78, 5) is 15.6. The van der Waals surface area contributed by atoms with Gasteiger partial charge in [-0.15, -0.1) is 54.1 Å². The number of pyridine rings is 2. The van der Waals surface area contributed by atoms with Crippen LogP contribution in [0.3, 0.4) is 0 Å². The molecule has 7 heteroatoms. The van der Waals surface area contributed by atoms with Gasteiger partial charge in [-0.1, -0.05) is 111 Å². The molecule has 9 rings (SSSR count). The molecule has 0 bridgehead atoms. The summed E-state index contributed by atoms with van der Waals surface area (Å²) in [5, 5.41) is 6.07. The smallest absolute Gasteiger partial charge is 0.113 e. The Balaban J connectivity index is 0.000000186. The van der Waals surface area contributed by atoms with Gasteiger partial charge < -0.3 is 9.55 Å². The summed E-state index contributed by atoms with van der Waals surface area (Å²) in [5.41, 5.74) is 8.21. The van der Waals surface area contributed by atoms with Crippen LogP contribution in [0, 0.1) is 19.1 Å². The van der Waals surface area contributed by atoms with Gasteiger partial charge >= 0.3 is 0 Å². The zero-order chi connectivity index (χ0) is 36.9. The number of para-hydroxylation sites is 2. The average molecular weight is 902 g/mol. The van der Waals surface area contributed by atoms with Gasteiger partial charge in [0.15, 0.2) is 0 Å². The molecule has 0 spiro atoms. The Morgan fingerprint density at radius 2 is 1.55 bits per heavy atom. The number of imidazole rings is 1. The van der Waals surface area contributed by atoms with E-state index in [0.717, 1.165) is 55.5 Å². The Morgan fingerprint density at radius 1 is 0.774 bits per heavy atom. The number of fused-ring (bicyclic) bond motifs is 5. The zero-order valence-electron chi connectivity index (χ0n) is 31.7. The molecule has 0 aliphatic heterocycles. The van der Waals surface area contributed by atoms with Gasteiger partial charge in [0.25, 0.3) is 0 Å². The number of thiophene rings is 1. The maximum atomic E-state index is 8.44. The number of aryl methyl sites for hydroxylation is 1. The van der Waals surface area contributed by atoms with E-state index < -0.39 is 14.0 Å². The molecule has 4 nitrogen and oxygen atoms in total. The standard InChI is InChI=1S/C29H18N3S.C17H22NSi.Ir/c1-18-16-17-22-21-11-7-12-23(27(21)33-29(22)30-18)28-31-24-13-4-5-14-26(24)32(28)25-15-6-9-19-8-2-3-10-20(19)25;1-13(2)15-11-16(14-9-7-6-8-10-14)18-12-17(15)19(3,4)5;/h2-11,13-17H,1H3;6-9,11-13H,1-5H3;/q2*-1;/i;13D;. The molecule has 0 N–H and O–H groups in total. The molecule has 0 fully saturated rings. The minimum absolute atomic E-state index is 0. The van der Waals surface area contributed by atoms with Crippen LogP contribution >= 0.6 is 11.3 Å². The van der Waals surface area contributed by atoms with E-state index in [2.05, 4.69) is 126 Å². The van der Waals surface area contributed by atoms with Crippen molar-refractivity contribution < 1.29 is 21.5 Å². The van der Waals surface area contributed by atoms with Crippen LogP contribution in [0.1, 0.15) is 32.4 Å². The molecule has 5 aromatic carbocycles. The Bertz CT molecular complexity index is 2770. The summed E-state index contributed by atoms with van der Waals surface area (Å²) in [6.07, 6.45) is 1.98. The first-order chi connectivity index (χ1) is 25.5. The molecule has 53 heavy (non-hydrogen) atoms. The SMILES string of the molecule is Cc1ccc2c(n1)sc1c(-c3nc4ccccc4n3-c3cccc4ccccc34)[c-]ccc12.[2H]C(C)(C)c1cc(-c2[c-]cccc2)ncc1[Si](C)(C)C.[Ir]. The molecule has 0 unspecified atom stereocenters. The van der Waals surface area contributed by atoms with E-state index in [1.165, 1.54) is 31.4 Å². The number of nitrogens with zero attached hydrogens (tertiary/aromatic N) is 4. The van der Waals surface area contributed by atoms with Crippen LogP contribution in [0.4, 0.5) is 0 Å². The zero-order valence-corrected chi connectivity index (χ0v) is 34.9. The van der Waals surface area contributed by atoms with Gasteiger partial charge in [-0.25, -0.2) is 4.98 Å². The molecule has 4 heterocycles. The monoisotopic (exact) mass is 902 g/mol. The second-order valence-electron chi connectivity index (χ2n) is 14.4. The van der Waals surface area contributed by atoms with Crippen LogP contribution in [0.5, 0.6) is 0 Å². The van der Waals surface area contributed by atoms with Crippen molar-refractivity contribution in [3.05, 3.63) is 151 Å². The minimum atomic E-state index is -1.50. The Hall–Kier alpha value is -4.78. The number of hydrogen-bond donors (Lipinski definition) is 0. The fourth-order valence-electron chi connectivity index (χ4n) is 6.89. The van der Waals surface area contributed by atoms with Crippen LogP contribution in [-0.2, 0) is 20.1 Å². The van der Waals surface area contributed by atoms with Crippen molar-refractivity contribution in [2.75, 3.05) is 0 Å². The quantitative estimate of drug-likeness (QED) is 0.128. The third kappa shape index (κ3) is 7.03. The van der Waals surface area contributed by atoms with Crippen LogP contribution in [0.2, 0.25) is 19.6 Å². The second-order valence-corrected chi connectivity index (χ2v) is 20.4. The molecule has 0 aliphatic carbocycles. The summed E-state index contributed by atoms with van der Waals surface area (Å²) >= 11 is 1.72. The number of aromatic nitrogens is 4. The van der Waals surface area contributed by atoms with Gasteiger partial charge in [-0.05, 0) is 63.4 Å². The third-order valence-electron chi connectivity index (χ3n) is 9.47. The van der Waals surface area contributed by atoms with Crippen LogP contribution in [0.15, 0.2) is 128 Å². The molecular formula is C46H40IrN4SSi-2. The molecule has 9 aromatic rings. The van der Waals surface area contributed by atoms with E-state index >= 15 is 0 Å². The predicted molar refractivity (Wildman–Crippen MR) is 224 cm³/mol. The summed E-state index contributed by atoms with van der Waals surface area (Å²) in [7, 11) is -1.50. The summed E-state index contributed by atoms with van der Waals surface area (Å²) < 4.78 is 11.9. The molecule has 0 amide bonds. The molecule has 0 saturated heterocycles. The first-order valence-corrected chi connectivity index (χ1v) is 21.9. The van der Waals surface area contributed by atoms with Crippen LogP contribution in [-0.4, -0.2) is 27.6 Å². The van der Waals surface area contributed by atoms with Gasteiger partial charge in [-0.2, -0.15) is 11.3 Å². The van der Waals surface area contributed by atoms with Gasteiger partial charge in [0.05, 0.1) is 24.9 Å². The normalized spacial score (nSPS) is 12.1. The first-order valence-electron chi connectivity index (χ1n) is 18.1. The van der Waals surface area contributed by atoms with Crippen molar-refractivity contribution >= 4 is 66.7 Å². The Labute approximate surface area is 331 Å². The van der Waals surface area contributed by atoms with Gasteiger partial charge in [0.2, 0.25) is 0 Å². The molecule has 0 atom stereocenters. The van der Waals surface area contributed by atoms with Crippen molar-refractivity contribution in [1.29, 1.82) is 0 Å². The molecule has 265 valence electrons. The fraction of sp³-hybridized carbons (Fsp3) is 0.152. The maximum Gasteiger partial charge on any atom is 0.113 e. The van der Waals surface area contributed by atoms with Crippen LogP contribution < -0.4 is 5.19 Å². The fourth-order valence-corrected chi connectivity index (χ4v) is 9.68. The topological polar surface area (TPSA) is 43.6 Å². The molecule has 0 saturated carbocycles. The second kappa shape index (κ2) is 14.9. The van der Waals surface area contributed by atoms with E-state index in [0.29, 0.717) is 0 Å². The van der Waals surface area contributed by atoms with Crippen molar-refractivity contribution in [1.82, 2.24) is 19.5 Å². The molecule has 0 aliphatic rings. The number of benzene rings is 5. The number of rotatable bonds is 5. The molecule has 4 aromatic heterocycles. The van der Waals surface area contributed by atoms with Crippen molar-refractivity contribution in [2.24, 2.45) is 0 Å². The molecule has 1 radical (unpaired) electrons. The third-order valence-corrected chi connectivity index (χ3v) is 12.6. The summed E-state index contributed by atoms with van der Waals surface area (Å²) in [5.74, 6) is 0.295. The largest absolute Gasteiger partial charge is 0.333 e. The predicted octanol–water partition coefficient (Wildman–Crippen LogP) is 11.9. The average Bonchev–Trinajstić information content (AvgIpc) is 3.72.